The standard InChI is InChI=1S/C13H18N2O3/c14-12(7-9-1-3-10(16)4-2-9)13(18)15-6-5-11(17)8-15/h1-4,11-12,16-17H,5-8,14H2/t11?,12-/m0/s1. The molecule has 1 aliphatic heterocycles. The van der Waals surface area contributed by atoms with Crippen LogP contribution in [0.5, 0.6) is 5.75 Å². The average Bonchev–Trinajstić information content (AvgIpc) is 2.78. The van der Waals surface area contributed by atoms with Crippen LogP contribution in [0.3, 0.4) is 0 Å². The second kappa shape index (κ2) is 5.37. The van der Waals surface area contributed by atoms with Crippen molar-refractivity contribution in [3.05, 3.63) is 29.8 Å². The number of nitrogens with two attached hydrogens (primary N) is 1. The van der Waals surface area contributed by atoms with Gasteiger partial charge >= 0.3 is 0 Å². The summed E-state index contributed by atoms with van der Waals surface area (Å²) in [4.78, 5) is 13.6. The first-order valence-electron chi connectivity index (χ1n) is 6.06. The van der Waals surface area contributed by atoms with Crippen molar-refractivity contribution in [1.29, 1.82) is 0 Å². The lowest BCUT2D eigenvalue weighted by molar-refractivity contribution is -0.131. The van der Waals surface area contributed by atoms with Crippen LogP contribution in [0.2, 0.25) is 0 Å². The Hall–Kier alpha value is -1.59. The monoisotopic (exact) mass is 250 g/mol. The van der Waals surface area contributed by atoms with Crippen LogP contribution in [-0.2, 0) is 11.2 Å². The molecular formula is C13H18N2O3. The highest BCUT2D eigenvalue weighted by molar-refractivity contribution is 5.82. The Morgan fingerprint density at radius 3 is 2.67 bits per heavy atom. The zero-order valence-electron chi connectivity index (χ0n) is 10.1. The highest BCUT2D eigenvalue weighted by Gasteiger charge is 2.28. The number of aliphatic hydroxyl groups is 1. The summed E-state index contributed by atoms with van der Waals surface area (Å²) < 4.78 is 0. The lowest BCUT2D eigenvalue weighted by atomic mass is 10.1. The molecule has 1 aromatic rings. The van der Waals surface area contributed by atoms with E-state index in [2.05, 4.69) is 0 Å². The van der Waals surface area contributed by atoms with Crippen molar-refractivity contribution in [3.63, 3.8) is 0 Å². The van der Waals surface area contributed by atoms with Gasteiger partial charge in [0.1, 0.15) is 5.75 Å². The number of hydrogen-bond donors (Lipinski definition) is 3. The topological polar surface area (TPSA) is 86.8 Å². The van der Waals surface area contributed by atoms with E-state index in [0.717, 1.165) is 5.56 Å². The molecule has 4 N–H and O–H groups in total. The number of phenols is 1. The van der Waals surface area contributed by atoms with Crippen LogP contribution in [0.15, 0.2) is 24.3 Å². The van der Waals surface area contributed by atoms with Crippen molar-refractivity contribution < 1.29 is 15.0 Å². The first-order valence-corrected chi connectivity index (χ1v) is 6.06. The number of amides is 1. The summed E-state index contributed by atoms with van der Waals surface area (Å²) in [5, 5.41) is 18.6. The number of aliphatic hydroxyl groups excluding tert-OH is 1. The fourth-order valence-electron chi connectivity index (χ4n) is 2.15. The summed E-state index contributed by atoms with van der Waals surface area (Å²) in [5.41, 5.74) is 6.79. The minimum atomic E-state index is -0.597. The number of aromatic hydroxyl groups is 1. The first-order chi connectivity index (χ1) is 8.56. The predicted molar refractivity (Wildman–Crippen MR) is 67.0 cm³/mol. The van der Waals surface area contributed by atoms with Crippen molar-refractivity contribution in [3.8, 4) is 5.75 Å². The van der Waals surface area contributed by atoms with Gasteiger partial charge in [0.15, 0.2) is 0 Å². The molecule has 5 nitrogen and oxygen atoms in total. The van der Waals surface area contributed by atoms with E-state index in [-0.39, 0.29) is 11.7 Å². The Labute approximate surface area is 106 Å². The van der Waals surface area contributed by atoms with Crippen molar-refractivity contribution in [2.45, 2.75) is 25.0 Å². The van der Waals surface area contributed by atoms with Gasteiger partial charge in [0, 0.05) is 13.1 Å². The fraction of sp³-hybridized carbons (Fsp3) is 0.462. The maximum absolute atomic E-state index is 12.0. The quantitative estimate of drug-likeness (QED) is 0.696. The van der Waals surface area contributed by atoms with Gasteiger partial charge in [-0.1, -0.05) is 12.1 Å². The maximum atomic E-state index is 12.0. The predicted octanol–water partition coefficient (Wildman–Crippen LogP) is -0.145. The van der Waals surface area contributed by atoms with Crippen LogP contribution >= 0.6 is 0 Å². The summed E-state index contributed by atoms with van der Waals surface area (Å²) >= 11 is 0. The number of benzene rings is 1. The summed E-state index contributed by atoms with van der Waals surface area (Å²) in [5.74, 6) is 0.0703. The Bertz CT molecular complexity index is 419. The van der Waals surface area contributed by atoms with E-state index in [9.17, 15) is 9.90 Å². The van der Waals surface area contributed by atoms with E-state index < -0.39 is 12.1 Å². The van der Waals surface area contributed by atoms with Gasteiger partial charge < -0.3 is 20.8 Å². The van der Waals surface area contributed by atoms with Gasteiger partial charge in [-0.25, -0.2) is 0 Å². The highest BCUT2D eigenvalue weighted by atomic mass is 16.3. The molecular weight excluding hydrogens is 232 g/mol. The van der Waals surface area contributed by atoms with E-state index in [1.165, 1.54) is 0 Å². The molecule has 5 heteroatoms. The Kier molecular flexibility index (Phi) is 3.84. The van der Waals surface area contributed by atoms with E-state index in [0.29, 0.717) is 25.9 Å². The molecule has 1 saturated heterocycles. The molecule has 0 bridgehead atoms. The summed E-state index contributed by atoms with van der Waals surface area (Å²) in [6, 6.07) is 6.06. The third kappa shape index (κ3) is 3.00. The SMILES string of the molecule is N[C@@H](Cc1ccc(O)cc1)C(=O)N1CCC(O)C1. The lowest BCUT2D eigenvalue weighted by Crippen LogP contribution is -2.44. The van der Waals surface area contributed by atoms with Crippen molar-refractivity contribution in [2.75, 3.05) is 13.1 Å². The zero-order chi connectivity index (χ0) is 13.1. The molecule has 0 radical (unpaired) electrons. The van der Waals surface area contributed by atoms with Crippen LogP contribution in [-0.4, -0.2) is 46.3 Å². The van der Waals surface area contributed by atoms with Crippen LogP contribution in [0.1, 0.15) is 12.0 Å². The minimum absolute atomic E-state index is 0.125. The van der Waals surface area contributed by atoms with Crippen molar-refractivity contribution >= 4 is 5.91 Å². The number of nitrogens with zero attached hydrogens (tertiary/aromatic N) is 1. The van der Waals surface area contributed by atoms with Crippen molar-refractivity contribution in [2.24, 2.45) is 5.73 Å². The molecule has 1 unspecified atom stereocenters. The maximum Gasteiger partial charge on any atom is 0.239 e. The van der Waals surface area contributed by atoms with Crippen LogP contribution < -0.4 is 5.73 Å². The molecule has 2 atom stereocenters. The molecule has 2 rings (SSSR count). The third-order valence-corrected chi connectivity index (χ3v) is 3.18. The number of β-amino-alcohol motifs (C(OH)–C–C–N with tert-alkyl or cyclic N) is 1. The van der Waals surface area contributed by atoms with Crippen LogP contribution in [0.4, 0.5) is 0 Å². The highest BCUT2D eigenvalue weighted by Crippen LogP contribution is 2.14. The number of carbonyl (C=O) groups excluding carboxylic acids is 1. The van der Waals surface area contributed by atoms with Gasteiger partial charge in [-0.3, -0.25) is 4.79 Å². The minimum Gasteiger partial charge on any atom is -0.508 e. The molecule has 1 fully saturated rings. The van der Waals surface area contributed by atoms with E-state index in [4.69, 9.17) is 10.8 Å². The molecule has 98 valence electrons. The van der Waals surface area contributed by atoms with Gasteiger partial charge in [0.2, 0.25) is 5.91 Å². The fourth-order valence-corrected chi connectivity index (χ4v) is 2.15. The van der Waals surface area contributed by atoms with Gasteiger partial charge in [-0.2, -0.15) is 0 Å². The molecule has 0 aliphatic carbocycles. The van der Waals surface area contributed by atoms with E-state index in [1.54, 1.807) is 29.2 Å². The number of carbonyl (C=O) groups is 1. The van der Waals surface area contributed by atoms with Crippen molar-refractivity contribution in [1.82, 2.24) is 4.90 Å². The van der Waals surface area contributed by atoms with E-state index >= 15 is 0 Å². The zero-order valence-corrected chi connectivity index (χ0v) is 10.1. The third-order valence-electron chi connectivity index (χ3n) is 3.18. The summed E-state index contributed by atoms with van der Waals surface area (Å²) in [7, 11) is 0. The Morgan fingerprint density at radius 2 is 2.11 bits per heavy atom. The molecule has 0 spiro atoms. The molecule has 1 aliphatic rings. The normalized spacial score (nSPS) is 21.0. The number of likely N-dealkylation sites (tertiary alicyclic amines) is 1. The first kappa shape index (κ1) is 12.9. The molecule has 18 heavy (non-hydrogen) atoms. The van der Waals surface area contributed by atoms with E-state index in [1.807, 2.05) is 0 Å². The molecule has 1 amide bonds. The largest absolute Gasteiger partial charge is 0.508 e. The van der Waals surface area contributed by atoms with Gasteiger partial charge in [0.05, 0.1) is 12.1 Å². The van der Waals surface area contributed by atoms with Crippen LogP contribution in [0.25, 0.3) is 0 Å². The second-order valence-electron chi connectivity index (χ2n) is 4.70. The molecule has 1 aromatic carbocycles. The number of rotatable bonds is 3. The molecule has 0 saturated carbocycles. The average molecular weight is 250 g/mol. The van der Waals surface area contributed by atoms with Gasteiger partial charge in [-0.15, -0.1) is 0 Å². The molecule has 0 aromatic heterocycles. The van der Waals surface area contributed by atoms with Gasteiger partial charge in [0.25, 0.3) is 0 Å². The van der Waals surface area contributed by atoms with Crippen LogP contribution in [0, 0.1) is 0 Å². The summed E-state index contributed by atoms with van der Waals surface area (Å²) in [6.45, 7) is 0.950. The molecule has 1 heterocycles. The Morgan fingerprint density at radius 1 is 1.44 bits per heavy atom. The second-order valence-corrected chi connectivity index (χ2v) is 4.70. The Balaban J connectivity index is 1.93. The van der Waals surface area contributed by atoms with Gasteiger partial charge in [-0.05, 0) is 30.5 Å². The number of phenolic OH excluding ortho intramolecular Hbond substituents is 1. The number of hydrogen-bond acceptors (Lipinski definition) is 4. The lowest BCUT2D eigenvalue weighted by Gasteiger charge is -2.20. The summed E-state index contributed by atoms with van der Waals surface area (Å²) in [6.07, 6.45) is 0.637. The smallest absolute Gasteiger partial charge is 0.239 e.